The minimum Gasteiger partial charge on any atom is -0.370 e. The number of hydrogen-bond donors (Lipinski definition) is 3. The highest BCUT2D eigenvalue weighted by Gasteiger charge is 2.05. The third-order valence-electron chi connectivity index (χ3n) is 2.32. The van der Waals surface area contributed by atoms with Crippen molar-refractivity contribution in [3.05, 3.63) is 11.8 Å². The summed E-state index contributed by atoms with van der Waals surface area (Å²) in [5, 5.41) is 6.10. The Morgan fingerprint density at radius 1 is 1.16 bits per heavy atom. The fourth-order valence-electron chi connectivity index (χ4n) is 1.40. The van der Waals surface area contributed by atoms with Gasteiger partial charge in [-0.15, -0.1) is 0 Å². The van der Waals surface area contributed by atoms with Crippen molar-refractivity contribution in [1.82, 2.24) is 14.7 Å². The molecule has 0 aliphatic rings. The SMILES string of the molecule is CCNc1cc(C)nc(NCCNS(=O)(=O)CC)n1. The summed E-state index contributed by atoms with van der Waals surface area (Å²) in [5.74, 6) is 1.33. The molecular weight excluding hydrogens is 266 g/mol. The number of anilines is 2. The molecule has 0 radical (unpaired) electrons. The number of sulfonamides is 1. The van der Waals surface area contributed by atoms with Crippen LogP contribution in [0.2, 0.25) is 0 Å². The molecule has 19 heavy (non-hydrogen) atoms. The zero-order valence-electron chi connectivity index (χ0n) is 11.5. The van der Waals surface area contributed by atoms with E-state index >= 15 is 0 Å². The van der Waals surface area contributed by atoms with Gasteiger partial charge in [-0.3, -0.25) is 0 Å². The molecule has 0 saturated heterocycles. The van der Waals surface area contributed by atoms with Crippen LogP contribution in [0.5, 0.6) is 0 Å². The first-order valence-corrected chi connectivity index (χ1v) is 7.93. The molecule has 7 nitrogen and oxygen atoms in total. The van der Waals surface area contributed by atoms with Crippen LogP contribution in [-0.4, -0.2) is 43.8 Å². The predicted molar refractivity (Wildman–Crippen MR) is 76.9 cm³/mol. The van der Waals surface area contributed by atoms with Crippen molar-refractivity contribution in [2.45, 2.75) is 20.8 Å². The van der Waals surface area contributed by atoms with Crippen LogP contribution in [0.3, 0.4) is 0 Å². The smallest absolute Gasteiger partial charge is 0.224 e. The van der Waals surface area contributed by atoms with Crippen LogP contribution in [0, 0.1) is 6.92 Å². The van der Waals surface area contributed by atoms with E-state index in [-0.39, 0.29) is 5.75 Å². The molecule has 0 fully saturated rings. The number of aryl methyl sites for hydroxylation is 1. The van der Waals surface area contributed by atoms with Crippen molar-refractivity contribution < 1.29 is 8.42 Å². The molecule has 3 N–H and O–H groups in total. The molecule has 0 aliphatic carbocycles. The summed E-state index contributed by atoms with van der Waals surface area (Å²) in [6.07, 6.45) is 0. The van der Waals surface area contributed by atoms with Gasteiger partial charge in [0.25, 0.3) is 0 Å². The Morgan fingerprint density at radius 2 is 1.89 bits per heavy atom. The second-order valence-corrected chi connectivity index (χ2v) is 6.07. The third-order valence-corrected chi connectivity index (χ3v) is 3.73. The highest BCUT2D eigenvalue weighted by molar-refractivity contribution is 7.89. The van der Waals surface area contributed by atoms with Gasteiger partial charge in [0.15, 0.2) is 0 Å². The number of nitrogens with one attached hydrogen (secondary N) is 3. The molecule has 0 saturated carbocycles. The van der Waals surface area contributed by atoms with Crippen LogP contribution in [-0.2, 0) is 10.0 Å². The van der Waals surface area contributed by atoms with E-state index in [1.165, 1.54) is 0 Å². The molecule has 108 valence electrons. The Morgan fingerprint density at radius 3 is 2.53 bits per heavy atom. The normalized spacial score (nSPS) is 11.3. The maximum absolute atomic E-state index is 11.2. The van der Waals surface area contributed by atoms with Crippen molar-refractivity contribution in [3.8, 4) is 0 Å². The Bertz CT molecular complexity index is 504. The van der Waals surface area contributed by atoms with E-state index in [4.69, 9.17) is 0 Å². The van der Waals surface area contributed by atoms with Gasteiger partial charge in [-0.05, 0) is 20.8 Å². The minimum atomic E-state index is -3.14. The van der Waals surface area contributed by atoms with Crippen LogP contribution in [0.1, 0.15) is 19.5 Å². The number of hydrogen-bond acceptors (Lipinski definition) is 6. The Hall–Kier alpha value is -1.41. The van der Waals surface area contributed by atoms with E-state index in [1.54, 1.807) is 6.92 Å². The monoisotopic (exact) mass is 287 g/mol. The lowest BCUT2D eigenvalue weighted by molar-refractivity contribution is 0.584. The van der Waals surface area contributed by atoms with Crippen molar-refractivity contribution in [3.63, 3.8) is 0 Å². The lowest BCUT2D eigenvalue weighted by Crippen LogP contribution is -2.30. The van der Waals surface area contributed by atoms with Crippen LogP contribution in [0.4, 0.5) is 11.8 Å². The van der Waals surface area contributed by atoms with E-state index in [1.807, 2.05) is 19.9 Å². The van der Waals surface area contributed by atoms with Gasteiger partial charge in [0, 0.05) is 31.4 Å². The van der Waals surface area contributed by atoms with E-state index in [0.717, 1.165) is 18.1 Å². The predicted octanol–water partition coefficient (Wildman–Crippen LogP) is 0.568. The summed E-state index contributed by atoms with van der Waals surface area (Å²) in [4.78, 5) is 8.50. The molecule has 1 aromatic rings. The third kappa shape index (κ3) is 5.84. The molecule has 0 atom stereocenters. The van der Waals surface area contributed by atoms with E-state index < -0.39 is 10.0 Å². The van der Waals surface area contributed by atoms with E-state index in [9.17, 15) is 8.42 Å². The van der Waals surface area contributed by atoms with Gasteiger partial charge in [-0.1, -0.05) is 0 Å². The number of nitrogens with zero attached hydrogens (tertiary/aromatic N) is 2. The molecule has 1 heterocycles. The molecular formula is C11H21N5O2S. The quantitative estimate of drug-likeness (QED) is 0.605. The van der Waals surface area contributed by atoms with Crippen molar-refractivity contribution in [1.29, 1.82) is 0 Å². The Balaban J connectivity index is 2.49. The van der Waals surface area contributed by atoms with Crippen LogP contribution < -0.4 is 15.4 Å². The van der Waals surface area contributed by atoms with Crippen molar-refractivity contribution in [2.75, 3.05) is 36.0 Å². The van der Waals surface area contributed by atoms with Gasteiger partial charge in [0.2, 0.25) is 16.0 Å². The van der Waals surface area contributed by atoms with Gasteiger partial charge < -0.3 is 10.6 Å². The maximum Gasteiger partial charge on any atom is 0.224 e. The Kier molecular flexibility index (Phi) is 5.97. The molecule has 0 amide bonds. The lowest BCUT2D eigenvalue weighted by Gasteiger charge is -2.09. The summed E-state index contributed by atoms with van der Waals surface area (Å²) >= 11 is 0. The minimum absolute atomic E-state index is 0.0819. The summed E-state index contributed by atoms with van der Waals surface area (Å²) in [6, 6.07) is 1.86. The average molecular weight is 287 g/mol. The molecule has 0 unspecified atom stereocenters. The number of rotatable bonds is 8. The fraction of sp³-hybridized carbons (Fsp3) is 0.636. The van der Waals surface area contributed by atoms with Gasteiger partial charge in [-0.2, -0.15) is 4.98 Å². The molecule has 0 spiro atoms. The van der Waals surface area contributed by atoms with Crippen LogP contribution >= 0.6 is 0 Å². The van der Waals surface area contributed by atoms with Gasteiger partial charge >= 0.3 is 0 Å². The summed E-state index contributed by atoms with van der Waals surface area (Å²) in [7, 11) is -3.14. The van der Waals surface area contributed by atoms with Crippen LogP contribution in [0.25, 0.3) is 0 Å². The van der Waals surface area contributed by atoms with Crippen molar-refractivity contribution >= 4 is 21.8 Å². The zero-order chi connectivity index (χ0) is 14.3. The highest BCUT2D eigenvalue weighted by Crippen LogP contribution is 2.08. The molecule has 0 aromatic carbocycles. The van der Waals surface area contributed by atoms with E-state index in [2.05, 4.69) is 25.3 Å². The molecule has 1 aromatic heterocycles. The van der Waals surface area contributed by atoms with Gasteiger partial charge in [-0.25, -0.2) is 18.1 Å². The van der Waals surface area contributed by atoms with Crippen LogP contribution in [0.15, 0.2) is 6.07 Å². The number of aromatic nitrogens is 2. The van der Waals surface area contributed by atoms with Gasteiger partial charge in [0.1, 0.15) is 5.82 Å². The summed E-state index contributed by atoms with van der Waals surface area (Å²) in [5.41, 5.74) is 0.850. The summed E-state index contributed by atoms with van der Waals surface area (Å²) in [6.45, 7) is 7.00. The lowest BCUT2D eigenvalue weighted by atomic mass is 10.4. The molecule has 0 bridgehead atoms. The second-order valence-electron chi connectivity index (χ2n) is 3.97. The fourth-order valence-corrected chi connectivity index (χ4v) is 2.02. The first-order valence-electron chi connectivity index (χ1n) is 6.27. The van der Waals surface area contributed by atoms with E-state index in [0.29, 0.717) is 19.0 Å². The second kappa shape index (κ2) is 7.25. The molecule has 8 heteroatoms. The molecule has 1 rings (SSSR count). The summed E-state index contributed by atoms with van der Waals surface area (Å²) < 4.78 is 24.9. The standard InChI is InChI=1S/C11H21N5O2S/c1-4-12-10-8-9(3)15-11(16-10)13-6-7-14-19(17,18)5-2/h8,14H,4-7H2,1-3H3,(H2,12,13,15,16). The van der Waals surface area contributed by atoms with Gasteiger partial charge in [0.05, 0.1) is 5.75 Å². The zero-order valence-corrected chi connectivity index (χ0v) is 12.3. The largest absolute Gasteiger partial charge is 0.370 e. The Labute approximate surface area is 114 Å². The topological polar surface area (TPSA) is 96.0 Å². The first kappa shape index (κ1) is 15.6. The molecule has 0 aliphatic heterocycles. The first-order chi connectivity index (χ1) is 8.96. The highest BCUT2D eigenvalue weighted by atomic mass is 32.2. The van der Waals surface area contributed by atoms with Crippen molar-refractivity contribution in [2.24, 2.45) is 0 Å². The maximum atomic E-state index is 11.2. The average Bonchev–Trinajstić information content (AvgIpc) is 2.34.